The number of carbonyl (C=O) groups is 3. The number of nitrogens with one attached hydrogen (secondary N) is 1. The van der Waals surface area contributed by atoms with Crippen LogP contribution in [-0.4, -0.2) is 39.6 Å². The number of carbonyl (C=O) groups excluding carboxylic acids is 1. The van der Waals surface area contributed by atoms with Gasteiger partial charge in [-0.15, -0.1) is 0 Å². The molecule has 0 heterocycles. The van der Waals surface area contributed by atoms with Crippen LogP contribution < -0.4 is 11.1 Å². The second-order valence-corrected chi connectivity index (χ2v) is 4.37. The normalized spacial score (nSPS) is 12.9. The molecule has 5 N–H and O–H groups in total. The van der Waals surface area contributed by atoms with E-state index in [2.05, 4.69) is 5.32 Å². The maximum absolute atomic E-state index is 11.5. The van der Waals surface area contributed by atoms with Crippen LogP contribution in [0.25, 0.3) is 0 Å². The summed E-state index contributed by atoms with van der Waals surface area (Å²) in [6, 6.07) is -1.11. The molecule has 0 aromatic carbocycles. The lowest BCUT2D eigenvalue weighted by molar-refractivity contribution is -0.143. The number of carboxylic acid groups (broad SMARTS) is 2. The van der Waals surface area contributed by atoms with Crippen molar-refractivity contribution in [2.75, 3.05) is 0 Å². The third-order valence-corrected chi connectivity index (χ3v) is 2.07. The SMILES string of the molecule is CC(C)(N)C(=O)N[C@H](CCCC(=O)O)C(=O)O. The van der Waals surface area contributed by atoms with Gasteiger partial charge >= 0.3 is 11.9 Å². The van der Waals surface area contributed by atoms with Crippen LogP contribution in [0.4, 0.5) is 0 Å². The van der Waals surface area contributed by atoms with Gasteiger partial charge in [0.1, 0.15) is 6.04 Å². The van der Waals surface area contributed by atoms with Gasteiger partial charge in [-0.3, -0.25) is 9.59 Å². The second-order valence-electron chi connectivity index (χ2n) is 4.37. The van der Waals surface area contributed by atoms with Gasteiger partial charge in [-0.1, -0.05) is 0 Å². The van der Waals surface area contributed by atoms with Gasteiger partial charge in [0.05, 0.1) is 5.54 Å². The van der Waals surface area contributed by atoms with E-state index >= 15 is 0 Å². The lowest BCUT2D eigenvalue weighted by Gasteiger charge is -2.21. The molecule has 17 heavy (non-hydrogen) atoms. The maximum atomic E-state index is 11.5. The molecule has 0 aliphatic carbocycles. The summed E-state index contributed by atoms with van der Waals surface area (Å²) in [6.45, 7) is 2.91. The lowest BCUT2D eigenvalue weighted by atomic mass is 10.0. The van der Waals surface area contributed by atoms with E-state index in [4.69, 9.17) is 15.9 Å². The van der Waals surface area contributed by atoms with Crippen molar-refractivity contribution in [3.05, 3.63) is 0 Å². The molecule has 7 nitrogen and oxygen atoms in total. The van der Waals surface area contributed by atoms with Gasteiger partial charge < -0.3 is 21.3 Å². The van der Waals surface area contributed by atoms with Crippen LogP contribution in [-0.2, 0) is 14.4 Å². The van der Waals surface area contributed by atoms with E-state index in [1.807, 2.05) is 0 Å². The molecule has 0 rings (SSSR count). The fourth-order valence-electron chi connectivity index (χ4n) is 1.06. The third kappa shape index (κ3) is 6.52. The lowest BCUT2D eigenvalue weighted by Crippen LogP contribution is -2.54. The molecule has 0 aliphatic heterocycles. The van der Waals surface area contributed by atoms with Crippen molar-refractivity contribution in [3.8, 4) is 0 Å². The van der Waals surface area contributed by atoms with E-state index in [0.29, 0.717) is 0 Å². The van der Waals surface area contributed by atoms with Crippen molar-refractivity contribution in [1.29, 1.82) is 0 Å². The molecule has 0 aromatic rings. The van der Waals surface area contributed by atoms with Crippen LogP contribution in [0.5, 0.6) is 0 Å². The molecule has 0 bridgehead atoms. The highest BCUT2D eigenvalue weighted by atomic mass is 16.4. The zero-order valence-electron chi connectivity index (χ0n) is 9.90. The molecule has 0 aliphatic rings. The van der Waals surface area contributed by atoms with E-state index in [-0.39, 0.29) is 19.3 Å². The van der Waals surface area contributed by atoms with Crippen LogP contribution in [0.15, 0.2) is 0 Å². The summed E-state index contributed by atoms with van der Waals surface area (Å²) in [7, 11) is 0. The summed E-state index contributed by atoms with van der Waals surface area (Å²) in [6.07, 6.45) is 0.104. The Morgan fingerprint density at radius 1 is 1.29 bits per heavy atom. The van der Waals surface area contributed by atoms with Crippen LogP contribution in [0, 0.1) is 0 Å². The number of rotatable bonds is 7. The van der Waals surface area contributed by atoms with Gasteiger partial charge in [0.2, 0.25) is 5.91 Å². The number of hydrogen-bond acceptors (Lipinski definition) is 4. The molecule has 0 saturated heterocycles. The fraction of sp³-hybridized carbons (Fsp3) is 0.700. The van der Waals surface area contributed by atoms with E-state index in [1.165, 1.54) is 13.8 Å². The van der Waals surface area contributed by atoms with Gasteiger partial charge in [-0.25, -0.2) is 4.79 Å². The first kappa shape index (κ1) is 15.4. The van der Waals surface area contributed by atoms with Crippen molar-refractivity contribution in [2.45, 2.75) is 44.7 Å². The third-order valence-electron chi connectivity index (χ3n) is 2.07. The fourth-order valence-corrected chi connectivity index (χ4v) is 1.06. The highest BCUT2D eigenvalue weighted by Gasteiger charge is 2.27. The average molecular weight is 246 g/mol. The highest BCUT2D eigenvalue weighted by Crippen LogP contribution is 2.04. The molecule has 0 unspecified atom stereocenters. The summed E-state index contributed by atoms with van der Waals surface area (Å²) in [5, 5.41) is 19.5. The van der Waals surface area contributed by atoms with Crippen molar-refractivity contribution >= 4 is 17.8 Å². The van der Waals surface area contributed by atoms with Gasteiger partial charge in [-0.05, 0) is 26.7 Å². The van der Waals surface area contributed by atoms with Gasteiger partial charge in [-0.2, -0.15) is 0 Å². The zero-order chi connectivity index (χ0) is 13.6. The molecule has 0 spiro atoms. The summed E-state index contributed by atoms with van der Waals surface area (Å²) in [5.41, 5.74) is 4.34. The molecule has 0 aromatic heterocycles. The Hall–Kier alpha value is -1.63. The standard InChI is InChI=1S/C10H18N2O5/c1-10(2,11)9(17)12-6(8(15)16)4-3-5-7(13)14/h6H,3-5,11H2,1-2H3,(H,12,17)(H,13,14)(H,15,16)/t6-/m1/s1. The minimum Gasteiger partial charge on any atom is -0.481 e. The second kappa shape index (κ2) is 6.19. The van der Waals surface area contributed by atoms with Crippen molar-refractivity contribution in [3.63, 3.8) is 0 Å². The molecule has 0 radical (unpaired) electrons. The number of nitrogens with two attached hydrogens (primary N) is 1. The summed E-state index contributed by atoms with van der Waals surface area (Å²) >= 11 is 0. The molecule has 0 saturated carbocycles. The molecule has 1 amide bonds. The summed E-state index contributed by atoms with van der Waals surface area (Å²) in [4.78, 5) is 32.6. The Labute approximate surface area is 99.0 Å². The Balaban J connectivity index is 4.31. The highest BCUT2D eigenvalue weighted by molar-refractivity contribution is 5.89. The zero-order valence-corrected chi connectivity index (χ0v) is 9.90. The number of hydrogen-bond donors (Lipinski definition) is 4. The first-order valence-corrected chi connectivity index (χ1v) is 5.19. The average Bonchev–Trinajstić information content (AvgIpc) is 2.13. The minimum atomic E-state index is -1.20. The number of amides is 1. The Morgan fingerprint density at radius 3 is 2.18 bits per heavy atom. The van der Waals surface area contributed by atoms with Crippen LogP contribution in [0.2, 0.25) is 0 Å². The van der Waals surface area contributed by atoms with E-state index < -0.39 is 29.4 Å². The largest absolute Gasteiger partial charge is 0.481 e. The van der Waals surface area contributed by atoms with Crippen LogP contribution >= 0.6 is 0 Å². The molecule has 7 heteroatoms. The molecular formula is C10H18N2O5. The molecule has 0 fully saturated rings. The van der Waals surface area contributed by atoms with Gasteiger partial charge in [0.25, 0.3) is 0 Å². The van der Waals surface area contributed by atoms with Gasteiger partial charge in [0.15, 0.2) is 0 Å². The quantitative estimate of drug-likeness (QED) is 0.481. The monoisotopic (exact) mass is 246 g/mol. The van der Waals surface area contributed by atoms with Gasteiger partial charge in [0, 0.05) is 6.42 Å². The minimum absolute atomic E-state index is 0.0590. The van der Waals surface area contributed by atoms with Crippen LogP contribution in [0.1, 0.15) is 33.1 Å². The molecule has 1 atom stereocenters. The van der Waals surface area contributed by atoms with Crippen molar-refractivity contribution in [1.82, 2.24) is 5.32 Å². The summed E-state index contributed by atoms with van der Waals surface area (Å²) < 4.78 is 0. The number of aliphatic carboxylic acids is 2. The molecule has 98 valence electrons. The topological polar surface area (TPSA) is 130 Å². The Bertz CT molecular complexity index is 308. The van der Waals surface area contributed by atoms with Crippen molar-refractivity contribution in [2.24, 2.45) is 5.73 Å². The van der Waals surface area contributed by atoms with E-state index in [0.717, 1.165) is 0 Å². The molecular weight excluding hydrogens is 228 g/mol. The first-order chi connectivity index (χ1) is 7.64. The summed E-state index contributed by atoms with van der Waals surface area (Å²) in [5.74, 6) is -2.78. The van der Waals surface area contributed by atoms with Crippen molar-refractivity contribution < 1.29 is 24.6 Å². The van der Waals surface area contributed by atoms with E-state index in [9.17, 15) is 14.4 Å². The predicted molar refractivity (Wildman–Crippen MR) is 59.3 cm³/mol. The first-order valence-electron chi connectivity index (χ1n) is 5.19. The van der Waals surface area contributed by atoms with Crippen LogP contribution in [0.3, 0.4) is 0 Å². The smallest absolute Gasteiger partial charge is 0.326 e. The number of carboxylic acids is 2. The maximum Gasteiger partial charge on any atom is 0.326 e. The Morgan fingerprint density at radius 2 is 1.82 bits per heavy atom. The predicted octanol–water partition coefficient (Wildman–Crippen LogP) is -0.452. The van der Waals surface area contributed by atoms with E-state index in [1.54, 1.807) is 0 Å². The Kier molecular flexibility index (Phi) is 5.60.